The van der Waals surface area contributed by atoms with Gasteiger partial charge in [0.15, 0.2) is 0 Å². The number of carboxylic acids is 1. The van der Waals surface area contributed by atoms with Crippen LogP contribution in [0.5, 0.6) is 0 Å². The summed E-state index contributed by atoms with van der Waals surface area (Å²) in [7, 11) is 0. The smallest absolute Gasteiger partial charge is 0.326 e. The molecular weight excluding hydrogens is 552 g/mol. The fraction of sp³-hybridized carbons (Fsp3) is 0.556. The van der Waals surface area contributed by atoms with Gasteiger partial charge in [0, 0.05) is 19.5 Å². The number of carbonyl (C=O) groups excluding carboxylic acids is 5. The summed E-state index contributed by atoms with van der Waals surface area (Å²) in [6.07, 6.45) is 1.64. The minimum Gasteiger partial charge on any atom is -0.480 e. The van der Waals surface area contributed by atoms with Gasteiger partial charge in [-0.3, -0.25) is 24.0 Å². The molecule has 1 aromatic carbocycles. The Morgan fingerprint density at radius 2 is 1.48 bits per heavy atom. The number of hydrogen-bond donors (Lipinski definition) is 7. The van der Waals surface area contributed by atoms with Gasteiger partial charge < -0.3 is 46.8 Å². The van der Waals surface area contributed by atoms with Crippen LogP contribution in [0.25, 0.3) is 0 Å². The molecular formula is C27H38N6O9. The molecule has 2 heterocycles. The number of aliphatic hydroxyl groups excluding tert-OH is 2. The van der Waals surface area contributed by atoms with E-state index in [1.54, 1.807) is 30.3 Å². The molecule has 15 nitrogen and oxygen atoms in total. The molecule has 0 bridgehead atoms. The van der Waals surface area contributed by atoms with Crippen LogP contribution in [-0.4, -0.2) is 124 Å². The van der Waals surface area contributed by atoms with E-state index in [2.05, 4.69) is 16.0 Å². The standard InChI is InChI=1S/C27H38N6O9/c28-17(14-34)25(39)32-10-4-8-20(32)24(38)29-13-22(36)30-18(12-16-6-2-1-3-7-16)23(37)31-19(15-35)26(40)33-11-5-9-21(33)27(41)42/h1-3,6-7,17-21,34-35H,4-5,8-15,28H2,(H,29,38)(H,30,36)(H,31,37)(H,41,42)/t17-,18-,19-,20-,21-/m0/s1. The number of nitrogens with one attached hydrogen (secondary N) is 3. The summed E-state index contributed by atoms with van der Waals surface area (Å²) in [5.74, 6) is -4.60. The highest BCUT2D eigenvalue weighted by atomic mass is 16.4. The van der Waals surface area contributed by atoms with Crippen molar-refractivity contribution >= 4 is 35.5 Å². The normalized spacial score (nSPS) is 20.4. The molecule has 1 aromatic rings. The minimum absolute atomic E-state index is 0.0180. The second-order valence-electron chi connectivity index (χ2n) is 10.3. The highest BCUT2D eigenvalue weighted by molar-refractivity contribution is 5.95. The van der Waals surface area contributed by atoms with Crippen LogP contribution in [0.1, 0.15) is 31.2 Å². The van der Waals surface area contributed by atoms with Crippen LogP contribution in [-0.2, 0) is 35.2 Å². The van der Waals surface area contributed by atoms with E-state index in [4.69, 9.17) is 5.73 Å². The quantitative estimate of drug-likeness (QED) is 0.121. The molecule has 5 atom stereocenters. The molecule has 8 N–H and O–H groups in total. The number of likely N-dealkylation sites (tertiary alicyclic amines) is 2. The second kappa shape index (κ2) is 15.2. The largest absolute Gasteiger partial charge is 0.480 e. The van der Waals surface area contributed by atoms with E-state index in [0.717, 1.165) is 4.90 Å². The van der Waals surface area contributed by atoms with Gasteiger partial charge in [-0.2, -0.15) is 0 Å². The van der Waals surface area contributed by atoms with Gasteiger partial charge in [-0.15, -0.1) is 0 Å². The zero-order valence-corrected chi connectivity index (χ0v) is 23.1. The molecule has 5 amide bonds. The lowest BCUT2D eigenvalue weighted by Crippen LogP contribution is -2.58. The Morgan fingerprint density at radius 3 is 2.07 bits per heavy atom. The lowest BCUT2D eigenvalue weighted by Gasteiger charge is -2.28. The fourth-order valence-corrected chi connectivity index (χ4v) is 5.13. The zero-order valence-electron chi connectivity index (χ0n) is 23.1. The maximum absolute atomic E-state index is 13.3. The average Bonchev–Trinajstić information content (AvgIpc) is 3.68. The number of aliphatic carboxylic acids is 1. The van der Waals surface area contributed by atoms with Gasteiger partial charge in [-0.1, -0.05) is 30.3 Å². The van der Waals surface area contributed by atoms with Crippen molar-refractivity contribution in [3.8, 4) is 0 Å². The van der Waals surface area contributed by atoms with Crippen molar-refractivity contribution in [3.05, 3.63) is 35.9 Å². The predicted octanol–water partition coefficient (Wildman–Crippen LogP) is -3.31. The molecule has 0 radical (unpaired) electrons. The first-order valence-electron chi connectivity index (χ1n) is 13.8. The third-order valence-electron chi connectivity index (χ3n) is 7.33. The van der Waals surface area contributed by atoms with Crippen molar-refractivity contribution in [2.24, 2.45) is 5.73 Å². The Hall–Kier alpha value is -4.08. The van der Waals surface area contributed by atoms with Crippen LogP contribution in [0.2, 0.25) is 0 Å². The number of hydrogen-bond acceptors (Lipinski definition) is 9. The van der Waals surface area contributed by atoms with E-state index in [-0.39, 0.29) is 25.9 Å². The molecule has 2 fully saturated rings. The molecule has 0 saturated carbocycles. The van der Waals surface area contributed by atoms with Crippen LogP contribution in [0, 0.1) is 0 Å². The van der Waals surface area contributed by atoms with Crippen molar-refractivity contribution in [1.29, 1.82) is 0 Å². The number of benzene rings is 1. The van der Waals surface area contributed by atoms with Crippen LogP contribution in [0.3, 0.4) is 0 Å². The van der Waals surface area contributed by atoms with Crippen molar-refractivity contribution in [2.75, 3.05) is 32.8 Å². The lowest BCUT2D eigenvalue weighted by atomic mass is 10.0. The topological polar surface area (TPSA) is 232 Å². The molecule has 3 rings (SSSR count). The average molecular weight is 591 g/mol. The van der Waals surface area contributed by atoms with Gasteiger partial charge in [0.2, 0.25) is 29.5 Å². The van der Waals surface area contributed by atoms with Crippen LogP contribution in [0.4, 0.5) is 0 Å². The van der Waals surface area contributed by atoms with Gasteiger partial charge in [-0.05, 0) is 31.2 Å². The van der Waals surface area contributed by atoms with Crippen molar-refractivity contribution < 1.29 is 44.1 Å². The lowest BCUT2D eigenvalue weighted by molar-refractivity contribution is -0.150. The van der Waals surface area contributed by atoms with Crippen LogP contribution >= 0.6 is 0 Å². The summed E-state index contributed by atoms with van der Waals surface area (Å²) in [5.41, 5.74) is 6.29. The number of nitrogens with two attached hydrogens (primary N) is 1. The van der Waals surface area contributed by atoms with Crippen molar-refractivity contribution in [3.63, 3.8) is 0 Å². The van der Waals surface area contributed by atoms with Crippen molar-refractivity contribution in [1.82, 2.24) is 25.8 Å². The monoisotopic (exact) mass is 590 g/mol. The Labute approximate surface area is 242 Å². The summed E-state index contributed by atoms with van der Waals surface area (Å²) < 4.78 is 0. The number of nitrogens with zero attached hydrogens (tertiary/aromatic N) is 2. The van der Waals surface area contributed by atoms with Crippen molar-refractivity contribution in [2.45, 2.75) is 62.3 Å². The van der Waals surface area contributed by atoms with E-state index in [9.17, 15) is 44.1 Å². The molecule has 2 aliphatic rings. The van der Waals surface area contributed by atoms with Gasteiger partial charge in [-0.25, -0.2) is 4.79 Å². The molecule has 230 valence electrons. The highest BCUT2D eigenvalue weighted by Gasteiger charge is 2.39. The summed E-state index contributed by atoms with van der Waals surface area (Å²) in [5, 5.41) is 35.8. The number of amides is 5. The van der Waals surface area contributed by atoms with E-state index < -0.39 is 85.5 Å². The van der Waals surface area contributed by atoms with E-state index in [0.29, 0.717) is 24.8 Å². The summed E-state index contributed by atoms with van der Waals surface area (Å²) in [4.78, 5) is 78.1. The first-order chi connectivity index (χ1) is 20.1. The Morgan fingerprint density at radius 1 is 0.857 bits per heavy atom. The molecule has 42 heavy (non-hydrogen) atoms. The highest BCUT2D eigenvalue weighted by Crippen LogP contribution is 2.19. The Balaban J connectivity index is 1.65. The Kier molecular flexibility index (Phi) is 11.8. The van der Waals surface area contributed by atoms with Crippen LogP contribution in [0.15, 0.2) is 30.3 Å². The SMILES string of the molecule is N[C@@H](CO)C(=O)N1CCC[C@H]1C(=O)NCC(=O)N[C@@H](Cc1ccccc1)C(=O)N[C@@H](CO)C(=O)N1CCC[C@H]1C(=O)O. The predicted molar refractivity (Wildman–Crippen MR) is 146 cm³/mol. The second-order valence-corrected chi connectivity index (χ2v) is 10.3. The number of carbonyl (C=O) groups is 6. The maximum atomic E-state index is 13.3. The molecule has 0 aliphatic carbocycles. The van der Waals surface area contributed by atoms with Gasteiger partial charge in [0.1, 0.15) is 30.2 Å². The first-order valence-corrected chi connectivity index (χ1v) is 13.8. The number of rotatable bonds is 13. The third kappa shape index (κ3) is 8.24. The molecule has 2 saturated heterocycles. The number of aliphatic hydroxyl groups is 2. The summed E-state index contributed by atoms with van der Waals surface area (Å²) in [6.45, 7) is -1.42. The summed E-state index contributed by atoms with van der Waals surface area (Å²) in [6, 6.07) is 3.00. The van der Waals surface area contributed by atoms with Gasteiger partial charge >= 0.3 is 5.97 Å². The van der Waals surface area contributed by atoms with E-state index in [1.165, 1.54) is 4.90 Å². The van der Waals surface area contributed by atoms with E-state index >= 15 is 0 Å². The first kappa shape index (κ1) is 32.4. The van der Waals surface area contributed by atoms with Crippen LogP contribution < -0.4 is 21.7 Å². The number of carboxylic acid groups (broad SMARTS) is 1. The Bertz CT molecular complexity index is 1150. The molecule has 0 spiro atoms. The molecule has 0 aromatic heterocycles. The maximum Gasteiger partial charge on any atom is 0.326 e. The van der Waals surface area contributed by atoms with E-state index in [1.807, 2.05) is 0 Å². The zero-order chi connectivity index (χ0) is 30.8. The molecule has 15 heteroatoms. The summed E-state index contributed by atoms with van der Waals surface area (Å²) >= 11 is 0. The fourth-order valence-electron chi connectivity index (χ4n) is 5.13. The minimum atomic E-state index is -1.43. The molecule has 0 unspecified atom stereocenters. The van der Waals surface area contributed by atoms with Gasteiger partial charge in [0.25, 0.3) is 0 Å². The van der Waals surface area contributed by atoms with Gasteiger partial charge in [0.05, 0.1) is 19.8 Å². The molecule has 2 aliphatic heterocycles. The third-order valence-corrected chi connectivity index (χ3v) is 7.33.